The third-order valence-corrected chi connectivity index (χ3v) is 6.11. The second kappa shape index (κ2) is 6.05. The van der Waals surface area contributed by atoms with Crippen molar-refractivity contribution in [2.45, 2.75) is 0 Å². The van der Waals surface area contributed by atoms with Gasteiger partial charge in [-0.15, -0.1) is 0 Å². The minimum Gasteiger partial charge on any atom is -0.496 e. The lowest BCUT2D eigenvalue weighted by molar-refractivity contribution is 0.412. The number of hydrogen-bond donors (Lipinski definition) is 0. The van der Waals surface area contributed by atoms with Gasteiger partial charge in [-0.25, -0.2) is 0 Å². The van der Waals surface area contributed by atoms with E-state index in [0.717, 1.165) is 9.32 Å². The molecule has 17 heavy (non-hydrogen) atoms. The highest BCUT2D eigenvalue weighted by Crippen LogP contribution is 2.29. The molecule has 88 valence electrons. The third kappa shape index (κ3) is 3.25. The summed E-state index contributed by atoms with van der Waals surface area (Å²) >= 11 is 7.01. The molecule has 2 rings (SSSR count). The first-order chi connectivity index (χ1) is 8.11. The van der Waals surface area contributed by atoms with Crippen LogP contribution in [0.4, 0.5) is 0 Å². The minimum absolute atomic E-state index is 0.926. The van der Waals surface area contributed by atoms with Gasteiger partial charge in [-0.2, -0.15) is 0 Å². The van der Waals surface area contributed by atoms with E-state index in [-0.39, 0.29) is 0 Å². The highest BCUT2D eigenvalue weighted by atomic mass is 127. The number of ether oxygens (including phenoxy) is 1. The Balaban J connectivity index is 2.46. The van der Waals surface area contributed by atoms with E-state index in [1.54, 1.807) is 7.11 Å². The maximum Gasteiger partial charge on any atom is 0.132 e. The Morgan fingerprint density at radius 2 is 1.35 bits per heavy atom. The van der Waals surface area contributed by atoms with Crippen molar-refractivity contribution in [3.05, 3.63) is 47.1 Å². The fourth-order valence-corrected chi connectivity index (χ4v) is 3.11. The summed E-state index contributed by atoms with van der Waals surface area (Å²) in [5.41, 5.74) is 2.47. The summed E-state index contributed by atoms with van der Waals surface area (Å²) in [4.78, 5) is 0. The van der Waals surface area contributed by atoms with Gasteiger partial charge >= 0.3 is 0 Å². The van der Waals surface area contributed by atoms with Gasteiger partial charge in [-0.1, -0.05) is 12.1 Å². The number of rotatable bonds is 2. The molecule has 0 aliphatic heterocycles. The highest BCUT2D eigenvalue weighted by Gasteiger charge is 2.05. The van der Waals surface area contributed by atoms with E-state index in [0.29, 0.717) is 0 Å². The van der Waals surface area contributed by atoms with E-state index < -0.39 is 0 Å². The quantitative estimate of drug-likeness (QED) is 0.460. The molecule has 0 spiro atoms. The van der Waals surface area contributed by atoms with Crippen molar-refractivity contribution in [2.24, 2.45) is 0 Å². The van der Waals surface area contributed by atoms with Gasteiger partial charge in [0.25, 0.3) is 0 Å². The maximum absolute atomic E-state index is 5.27. The zero-order chi connectivity index (χ0) is 12.4. The smallest absolute Gasteiger partial charge is 0.132 e. The second-order valence-electron chi connectivity index (χ2n) is 3.48. The summed E-state index contributed by atoms with van der Waals surface area (Å²) in [7, 11) is 1.70. The van der Waals surface area contributed by atoms with Crippen LogP contribution < -0.4 is 4.74 Å². The third-order valence-electron chi connectivity index (χ3n) is 2.40. The van der Waals surface area contributed by atoms with Crippen molar-refractivity contribution >= 4 is 67.8 Å². The van der Waals surface area contributed by atoms with Crippen molar-refractivity contribution in [3.63, 3.8) is 0 Å². The molecule has 0 amide bonds. The van der Waals surface area contributed by atoms with Gasteiger partial charge in [0.05, 0.1) is 10.7 Å². The lowest BCUT2D eigenvalue weighted by Crippen LogP contribution is -1.88. The fourth-order valence-electron chi connectivity index (χ4n) is 1.52. The molecule has 0 heterocycles. The maximum atomic E-state index is 5.27. The topological polar surface area (TPSA) is 9.23 Å². The molecule has 2 aromatic rings. The van der Waals surface area contributed by atoms with Crippen molar-refractivity contribution < 1.29 is 4.74 Å². The predicted octanol–water partition coefficient (Wildman–Crippen LogP) is 5.18. The van der Waals surface area contributed by atoms with Crippen molar-refractivity contribution in [2.75, 3.05) is 7.11 Å². The minimum atomic E-state index is 0.926. The van der Waals surface area contributed by atoms with Gasteiger partial charge in [0.2, 0.25) is 0 Å². The van der Waals surface area contributed by atoms with Crippen LogP contribution in [0.5, 0.6) is 5.75 Å². The van der Waals surface area contributed by atoms with Crippen LogP contribution in [0.3, 0.4) is 0 Å². The molecule has 0 unspecified atom stereocenters. The van der Waals surface area contributed by atoms with Gasteiger partial charge in [-0.3, -0.25) is 0 Å². The summed E-state index contributed by atoms with van der Waals surface area (Å²) in [5.74, 6) is 0.926. The van der Waals surface area contributed by atoms with Crippen LogP contribution in [0.25, 0.3) is 11.1 Å². The Morgan fingerprint density at radius 1 is 0.765 bits per heavy atom. The van der Waals surface area contributed by atoms with E-state index in [9.17, 15) is 0 Å². The van der Waals surface area contributed by atoms with Crippen LogP contribution >= 0.6 is 67.8 Å². The van der Waals surface area contributed by atoms with Crippen LogP contribution in [0.1, 0.15) is 0 Å². The zero-order valence-corrected chi connectivity index (χ0v) is 15.5. The van der Waals surface area contributed by atoms with Gasteiger partial charge in [0, 0.05) is 7.14 Å². The number of methoxy groups -OCH3 is 1. The molecule has 0 atom stereocenters. The molecule has 0 aromatic heterocycles. The Hall–Kier alpha value is 0.430. The Bertz CT molecular complexity index is 552. The van der Waals surface area contributed by atoms with Crippen molar-refractivity contribution in [3.8, 4) is 16.9 Å². The standard InChI is InChI=1S/C13H9I3O/c1-17-13-5-3-9(7-12(13)16)8-2-4-10(14)11(15)6-8/h2-7H,1H3. The molecule has 0 aliphatic carbocycles. The van der Waals surface area contributed by atoms with E-state index in [4.69, 9.17) is 4.74 Å². The molecule has 4 heteroatoms. The summed E-state index contributed by atoms with van der Waals surface area (Å²) in [5, 5.41) is 0. The van der Waals surface area contributed by atoms with Gasteiger partial charge in [-0.05, 0) is 103 Å². The summed E-state index contributed by atoms with van der Waals surface area (Å²) in [6.07, 6.45) is 0. The van der Waals surface area contributed by atoms with E-state index in [2.05, 4.69) is 98.1 Å². The van der Waals surface area contributed by atoms with Crippen LogP contribution in [0, 0.1) is 10.7 Å². The first-order valence-electron chi connectivity index (χ1n) is 4.91. The lowest BCUT2D eigenvalue weighted by Gasteiger charge is -2.07. The SMILES string of the molecule is COc1ccc(-c2ccc(I)c(I)c2)cc1I. The molecule has 0 bridgehead atoms. The van der Waals surface area contributed by atoms with E-state index in [1.165, 1.54) is 18.3 Å². The molecule has 0 N–H and O–H groups in total. The van der Waals surface area contributed by atoms with Crippen LogP contribution in [-0.2, 0) is 0 Å². The average molecular weight is 562 g/mol. The molecule has 0 aliphatic rings. The molecular weight excluding hydrogens is 553 g/mol. The number of hydrogen-bond acceptors (Lipinski definition) is 1. The number of halogens is 3. The van der Waals surface area contributed by atoms with Crippen molar-refractivity contribution in [1.29, 1.82) is 0 Å². The fraction of sp³-hybridized carbons (Fsp3) is 0.0769. The average Bonchev–Trinajstić information content (AvgIpc) is 2.32. The summed E-state index contributed by atoms with van der Waals surface area (Å²) < 4.78 is 8.97. The molecule has 0 radical (unpaired) electrons. The Kier molecular flexibility index (Phi) is 4.93. The van der Waals surface area contributed by atoms with E-state index >= 15 is 0 Å². The number of benzene rings is 2. The first-order valence-corrected chi connectivity index (χ1v) is 8.14. The molecule has 0 saturated carbocycles. The van der Waals surface area contributed by atoms with Crippen LogP contribution in [-0.4, -0.2) is 7.11 Å². The molecule has 0 fully saturated rings. The molecule has 0 saturated heterocycles. The highest BCUT2D eigenvalue weighted by molar-refractivity contribution is 14.1. The predicted molar refractivity (Wildman–Crippen MR) is 96.6 cm³/mol. The van der Waals surface area contributed by atoms with Gasteiger partial charge in [0.1, 0.15) is 5.75 Å². The van der Waals surface area contributed by atoms with Crippen LogP contribution in [0.2, 0.25) is 0 Å². The second-order valence-corrected chi connectivity index (χ2v) is 6.96. The molecule has 1 nitrogen and oxygen atoms in total. The Labute approximate surface area is 142 Å². The first kappa shape index (κ1) is 13.9. The normalized spacial score (nSPS) is 10.4. The van der Waals surface area contributed by atoms with E-state index in [1.807, 2.05) is 6.07 Å². The molecule has 2 aromatic carbocycles. The lowest BCUT2D eigenvalue weighted by atomic mass is 10.1. The summed E-state index contributed by atoms with van der Waals surface area (Å²) in [6, 6.07) is 12.8. The Morgan fingerprint density at radius 3 is 1.88 bits per heavy atom. The summed E-state index contributed by atoms with van der Waals surface area (Å²) in [6.45, 7) is 0. The van der Waals surface area contributed by atoms with Gasteiger partial charge < -0.3 is 4.74 Å². The van der Waals surface area contributed by atoms with Crippen LogP contribution in [0.15, 0.2) is 36.4 Å². The van der Waals surface area contributed by atoms with Gasteiger partial charge in [0.15, 0.2) is 0 Å². The largest absolute Gasteiger partial charge is 0.496 e. The van der Waals surface area contributed by atoms with Crippen molar-refractivity contribution in [1.82, 2.24) is 0 Å². The monoisotopic (exact) mass is 562 g/mol. The zero-order valence-electron chi connectivity index (χ0n) is 9.01. The molecular formula is C13H9I3O.